The van der Waals surface area contributed by atoms with E-state index in [4.69, 9.17) is 0 Å². The molecule has 2 nitrogen and oxygen atoms in total. The molecule has 0 bridgehead atoms. The molecular formula is C14H11FN2S. The van der Waals surface area contributed by atoms with Crippen LogP contribution in [0.4, 0.5) is 4.39 Å². The van der Waals surface area contributed by atoms with Crippen LogP contribution >= 0.6 is 11.8 Å². The third-order valence-corrected chi connectivity index (χ3v) is 3.70. The molecule has 0 saturated heterocycles. The van der Waals surface area contributed by atoms with Crippen molar-refractivity contribution in [3.63, 3.8) is 0 Å². The monoisotopic (exact) mass is 258 g/mol. The molecule has 0 fully saturated rings. The SMILES string of the molecule is Fc1cccc(CSc2ncc3ccccn23)c1. The van der Waals surface area contributed by atoms with Crippen LogP contribution in [0, 0.1) is 5.82 Å². The van der Waals surface area contributed by atoms with E-state index in [-0.39, 0.29) is 5.82 Å². The van der Waals surface area contributed by atoms with Crippen LogP contribution in [0.2, 0.25) is 0 Å². The molecule has 4 heteroatoms. The molecule has 3 aromatic rings. The van der Waals surface area contributed by atoms with E-state index in [0.717, 1.165) is 16.2 Å². The Hall–Kier alpha value is -1.81. The van der Waals surface area contributed by atoms with Gasteiger partial charge in [0.1, 0.15) is 5.82 Å². The van der Waals surface area contributed by atoms with Crippen LogP contribution in [-0.2, 0) is 5.75 Å². The second-order valence-electron chi connectivity index (χ2n) is 3.95. The summed E-state index contributed by atoms with van der Waals surface area (Å²) in [5, 5.41) is 0.926. The summed E-state index contributed by atoms with van der Waals surface area (Å²) < 4.78 is 15.1. The first-order chi connectivity index (χ1) is 8.83. The molecule has 0 N–H and O–H groups in total. The first kappa shape index (κ1) is 11.3. The Kier molecular flexibility index (Phi) is 3.02. The Bertz CT molecular complexity index is 678. The van der Waals surface area contributed by atoms with Gasteiger partial charge in [-0.3, -0.25) is 4.40 Å². The summed E-state index contributed by atoms with van der Waals surface area (Å²) in [4.78, 5) is 4.36. The van der Waals surface area contributed by atoms with Crippen molar-refractivity contribution in [2.75, 3.05) is 0 Å². The van der Waals surface area contributed by atoms with Gasteiger partial charge in [-0.05, 0) is 29.8 Å². The predicted octanol–water partition coefficient (Wildman–Crippen LogP) is 3.77. The first-order valence-corrected chi connectivity index (χ1v) is 6.61. The highest BCUT2D eigenvalue weighted by Crippen LogP contribution is 2.22. The van der Waals surface area contributed by atoms with Gasteiger partial charge in [0.05, 0.1) is 11.7 Å². The lowest BCUT2D eigenvalue weighted by Crippen LogP contribution is -1.88. The first-order valence-electron chi connectivity index (χ1n) is 5.62. The number of pyridine rings is 1. The van der Waals surface area contributed by atoms with Crippen molar-refractivity contribution >= 4 is 17.3 Å². The average molecular weight is 258 g/mol. The Labute approximate surface area is 108 Å². The number of halogens is 1. The van der Waals surface area contributed by atoms with Gasteiger partial charge >= 0.3 is 0 Å². The van der Waals surface area contributed by atoms with Gasteiger partial charge in [-0.15, -0.1) is 0 Å². The summed E-state index contributed by atoms with van der Waals surface area (Å²) in [5.41, 5.74) is 2.03. The third-order valence-electron chi connectivity index (χ3n) is 2.66. The second kappa shape index (κ2) is 4.82. The van der Waals surface area contributed by atoms with Crippen LogP contribution in [0.3, 0.4) is 0 Å². The van der Waals surface area contributed by atoms with Crippen molar-refractivity contribution in [3.05, 3.63) is 66.2 Å². The van der Waals surface area contributed by atoms with Crippen LogP contribution < -0.4 is 0 Å². The maximum Gasteiger partial charge on any atom is 0.172 e. The van der Waals surface area contributed by atoms with Crippen LogP contribution in [0.15, 0.2) is 60.0 Å². The zero-order valence-electron chi connectivity index (χ0n) is 9.58. The standard InChI is InChI=1S/C14H11FN2S/c15-12-5-3-4-11(8-12)10-18-14-16-9-13-6-1-2-7-17(13)14/h1-9H,10H2. The number of hydrogen-bond acceptors (Lipinski definition) is 2. The highest BCUT2D eigenvalue weighted by molar-refractivity contribution is 7.98. The van der Waals surface area contributed by atoms with Gasteiger partial charge in [-0.1, -0.05) is 30.0 Å². The summed E-state index contributed by atoms with van der Waals surface area (Å²) in [6.45, 7) is 0. The molecule has 90 valence electrons. The maximum absolute atomic E-state index is 13.1. The minimum Gasteiger partial charge on any atom is -0.295 e. The number of aromatic nitrogens is 2. The summed E-state index contributed by atoms with van der Waals surface area (Å²) in [7, 11) is 0. The third kappa shape index (κ3) is 2.24. The van der Waals surface area contributed by atoms with E-state index in [9.17, 15) is 4.39 Å². The molecule has 0 aliphatic rings. The summed E-state index contributed by atoms with van der Waals surface area (Å²) in [5.74, 6) is 0.521. The minimum atomic E-state index is -0.193. The molecule has 0 atom stereocenters. The smallest absolute Gasteiger partial charge is 0.172 e. The maximum atomic E-state index is 13.1. The van der Waals surface area contributed by atoms with E-state index in [1.165, 1.54) is 6.07 Å². The van der Waals surface area contributed by atoms with Crippen molar-refractivity contribution < 1.29 is 4.39 Å². The molecule has 1 aromatic carbocycles. The fourth-order valence-electron chi connectivity index (χ4n) is 1.80. The molecule has 2 aromatic heterocycles. The Morgan fingerprint density at radius 2 is 2.11 bits per heavy atom. The van der Waals surface area contributed by atoms with Crippen molar-refractivity contribution in [2.24, 2.45) is 0 Å². The number of thioether (sulfide) groups is 1. The molecular weight excluding hydrogens is 247 g/mol. The van der Waals surface area contributed by atoms with E-state index in [2.05, 4.69) is 4.98 Å². The largest absolute Gasteiger partial charge is 0.295 e. The molecule has 0 radical (unpaired) electrons. The number of nitrogens with zero attached hydrogens (tertiary/aromatic N) is 2. The summed E-state index contributed by atoms with van der Waals surface area (Å²) in [6.07, 6.45) is 3.82. The van der Waals surface area contributed by atoms with E-state index in [0.29, 0.717) is 5.75 Å². The highest BCUT2D eigenvalue weighted by Gasteiger charge is 2.04. The van der Waals surface area contributed by atoms with Crippen molar-refractivity contribution in [1.29, 1.82) is 0 Å². The van der Waals surface area contributed by atoms with Gasteiger partial charge in [-0.2, -0.15) is 0 Å². The highest BCUT2D eigenvalue weighted by atomic mass is 32.2. The molecule has 0 aliphatic heterocycles. The normalized spacial score (nSPS) is 10.9. The van der Waals surface area contributed by atoms with Gasteiger partial charge in [0.15, 0.2) is 5.16 Å². The Balaban J connectivity index is 1.81. The predicted molar refractivity (Wildman–Crippen MR) is 71.2 cm³/mol. The molecule has 0 saturated carbocycles. The van der Waals surface area contributed by atoms with Gasteiger partial charge in [-0.25, -0.2) is 9.37 Å². The van der Waals surface area contributed by atoms with E-state index >= 15 is 0 Å². The Morgan fingerprint density at radius 3 is 3.00 bits per heavy atom. The van der Waals surface area contributed by atoms with Crippen LogP contribution in [0.1, 0.15) is 5.56 Å². The summed E-state index contributed by atoms with van der Waals surface area (Å²) in [6, 6.07) is 12.6. The zero-order valence-corrected chi connectivity index (χ0v) is 10.4. The van der Waals surface area contributed by atoms with Gasteiger partial charge in [0.2, 0.25) is 0 Å². The molecule has 0 amide bonds. The summed E-state index contributed by atoms with van der Waals surface area (Å²) >= 11 is 1.60. The fourth-order valence-corrected chi connectivity index (χ4v) is 2.71. The lowest BCUT2D eigenvalue weighted by atomic mass is 10.2. The van der Waals surface area contributed by atoms with E-state index in [1.54, 1.807) is 23.9 Å². The Morgan fingerprint density at radius 1 is 1.17 bits per heavy atom. The topological polar surface area (TPSA) is 17.3 Å². The lowest BCUT2D eigenvalue weighted by molar-refractivity contribution is 0.626. The number of fused-ring (bicyclic) bond motifs is 1. The van der Waals surface area contributed by atoms with Crippen LogP contribution in [0.5, 0.6) is 0 Å². The molecule has 18 heavy (non-hydrogen) atoms. The van der Waals surface area contributed by atoms with Crippen LogP contribution in [0.25, 0.3) is 5.52 Å². The zero-order chi connectivity index (χ0) is 12.4. The van der Waals surface area contributed by atoms with E-state index < -0.39 is 0 Å². The molecule has 0 aliphatic carbocycles. The van der Waals surface area contributed by atoms with Gasteiger partial charge < -0.3 is 0 Å². The second-order valence-corrected chi connectivity index (χ2v) is 4.90. The number of rotatable bonds is 3. The molecule has 2 heterocycles. The van der Waals surface area contributed by atoms with Crippen molar-refractivity contribution in [2.45, 2.75) is 10.9 Å². The van der Waals surface area contributed by atoms with Gasteiger partial charge in [0.25, 0.3) is 0 Å². The van der Waals surface area contributed by atoms with E-state index in [1.807, 2.05) is 41.1 Å². The minimum absolute atomic E-state index is 0.193. The average Bonchev–Trinajstić information content (AvgIpc) is 2.80. The fraction of sp³-hybridized carbons (Fsp3) is 0.0714. The van der Waals surface area contributed by atoms with Gasteiger partial charge in [0, 0.05) is 11.9 Å². The lowest BCUT2D eigenvalue weighted by Gasteiger charge is -2.01. The molecule has 0 unspecified atom stereocenters. The quantitative estimate of drug-likeness (QED) is 0.665. The number of hydrogen-bond donors (Lipinski definition) is 0. The molecule has 0 spiro atoms. The van der Waals surface area contributed by atoms with Crippen molar-refractivity contribution in [1.82, 2.24) is 9.38 Å². The number of benzene rings is 1. The molecule has 3 rings (SSSR count). The van der Waals surface area contributed by atoms with Crippen LogP contribution in [-0.4, -0.2) is 9.38 Å². The van der Waals surface area contributed by atoms with Crippen molar-refractivity contribution in [3.8, 4) is 0 Å². The number of imidazole rings is 1.